The molecule has 0 saturated heterocycles. The number of nitrogens with zero attached hydrogens (tertiary/aromatic N) is 3. The van der Waals surface area contributed by atoms with Crippen molar-refractivity contribution in [2.24, 2.45) is 0 Å². The highest BCUT2D eigenvalue weighted by Crippen LogP contribution is 2.23. The lowest BCUT2D eigenvalue weighted by Crippen LogP contribution is -2.14. The average Bonchev–Trinajstić information content (AvgIpc) is 3.05. The normalized spacial score (nSPS) is 10.7. The third-order valence-corrected chi connectivity index (χ3v) is 3.81. The second kappa shape index (κ2) is 6.09. The number of aromatic hydroxyl groups is 1. The van der Waals surface area contributed by atoms with E-state index in [0.29, 0.717) is 11.2 Å². The molecule has 0 aliphatic heterocycles. The predicted octanol–water partition coefficient (Wildman–Crippen LogP) is 3.38. The van der Waals surface area contributed by atoms with Crippen LogP contribution in [0.25, 0.3) is 16.6 Å². The summed E-state index contributed by atoms with van der Waals surface area (Å²) in [7, 11) is 0. The second-order valence-electron chi connectivity index (χ2n) is 5.48. The van der Waals surface area contributed by atoms with Gasteiger partial charge in [0.1, 0.15) is 0 Å². The van der Waals surface area contributed by atoms with Gasteiger partial charge in [0.2, 0.25) is 0 Å². The van der Waals surface area contributed by atoms with Crippen LogP contribution in [0, 0.1) is 0 Å². The van der Waals surface area contributed by atoms with Gasteiger partial charge in [-0.25, -0.2) is 4.68 Å². The van der Waals surface area contributed by atoms with Gasteiger partial charge in [-0.2, -0.15) is 5.10 Å². The molecule has 2 aromatic carbocycles. The van der Waals surface area contributed by atoms with Crippen molar-refractivity contribution < 1.29 is 9.90 Å². The van der Waals surface area contributed by atoms with Crippen LogP contribution >= 0.6 is 0 Å². The van der Waals surface area contributed by atoms with E-state index >= 15 is 0 Å². The summed E-state index contributed by atoms with van der Waals surface area (Å²) in [4.78, 5) is 16.8. The number of hydrogen-bond donors (Lipinski definition) is 2. The SMILES string of the molecule is O=C(Nc1cccc2cccnc12)c1nn(-c2ccccc2)cc1O. The van der Waals surface area contributed by atoms with E-state index < -0.39 is 5.91 Å². The van der Waals surface area contributed by atoms with Crippen molar-refractivity contribution in [2.45, 2.75) is 0 Å². The van der Waals surface area contributed by atoms with E-state index in [1.165, 1.54) is 10.9 Å². The Labute approximate surface area is 143 Å². The van der Waals surface area contributed by atoms with E-state index in [0.717, 1.165) is 11.1 Å². The lowest BCUT2D eigenvalue weighted by molar-refractivity contribution is 0.101. The smallest absolute Gasteiger partial charge is 0.280 e. The van der Waals surface area contributed by atoms with Crippen LogP contribution in [0.15, 0.2) is 73.1 Å². The summed E-state index contributed by atoms with van der Waals surface area (Å²) in [6.45, 7) is 0. The fourth-order valence-corrected chi connectivity index (χ4v) is 2.63. The van der Waals surface area contributed by atoms with Crippen LogP contribution in [0.1, 0.15) is 10.5 Å². The number of carbonyl (C=O) groups is 1. The van der Waals surface area contributed by atoms with Crippen molar-refractivity contribution in [3.63, 3.8) is 0 Å². The van der Waals surface area contributed by atoms with E-state index in [1.54, 1.807) is 12.3 Å². The monoisotopic (exact) mass is 330 g/mol. The van der Waals surface area contributed by atoms with E-state index in [-0.39, 0.29) is 11.4 Å². The highest BCUT2D eigenvalue weighted by molar-refractivity contribution is 6.08. The zero-order valence-electron chi connectivity index (χ0n) is 13.1. The first-order valence-electron chi connectivity index (χ1n) is 7.71. The summed E-state index contributed by atoms with van der Waals surface area (Å²) in [5.74, 6) is -0.681. The van der Waals surface area contributed by atoms with Gasteiger partial charge in [0.25, 0.3) is 5.91 Å². The van der Waals surface area contributed by atoms with Gasteiger partial charge >= 0.3 is 0 Å². The quantitative estimate of drug-likeness (QED) is 0.603. The molecule has 6 nitrogen and oxygen atoms in total. The van der Waals surface area contributed by atoms with Gasteiger partial charge in [-0.05, 0) is 24.3 Å². The number of aromatic nitrogens is 3. The van der Waals surface area contributed by atoms with E-state index in [2.05, 4.69) is 15.4 Å². The molecule has 4 rings (SSSR count). The number of anilines is 1. The van der Waals surface area contributed by atoms with Crippen LogP contribution in [0.2, 0.25) is 0 Å². The zero-order valence-corrected chi connectivity index (χ0v) is 13.1. The summed E-state index contributed by atoms with van der Waals surface area (Å²) in [5.41, 5.74) is 1.96. The topological polar surface area (TPSA) is 80.0 Å². The second-order valence-corrected chi connectivity index (χ2v) is 5.48. The molecule has 0 atom stereocenters. The molecule has 0 aliphatic rings. The van der Waals surface area contributed by atoms with Gasteiger partial charge < -0.3 is 10.4 Å². The van der Waals surface area contributed by atoms with Crippen LogP contribution in [0.5, 0.6) is 5.75 Å². The molecule has 25 heavy (non-hydrogen) atoms. The van der Waals surface area contributed by atoms with Gasteiger partial charge in [0.05, 0.1) is 23.1 Å². The Morgan fingerprint density at radius 1 is 1.00 bits per heavy atom. The van der Waals surface area contributed by atoms with E-state index in [1.807, 2.05) is 54.6 Å². The Kier molecular flexibility index (Phi) is 3.63. The summed E-state index contributed by atoms with van der Waals surface area (Å²) in [6.07, 6.45) is 3.07. The number of pyridine rings is 1. The maximum Gasteiger partial charge on any atom is 0.280 e. The first kappa shape index (κ1) is 14.9. The molecule has 1 amide bonds. The molecular formula is C19H14N4O2. The molecule has 4 aromatic rings. The van der Waals surface area contributed by atoms with Crippen LogP contribution in [0.3, 0.4) is 0 Å². The van der Waals surface area contributed by atoms with Crippen LogP contribution in [-0.2, 0) is 0 Å². The Bertz CT molecular complexity index is 1050. The van der Waals surface area contributed by atoms with Crippen LogP contribution in [-0.4, -0.2) is 25.8 Å². The first-order chi connectivity index (χ1) is 12.2. The number of amides is 1. The Balaban J connectivity index is 1.66. The summed E-state index contributed by atoms with van der Waals surface area (Å²) in [6, 6.07) is 18.5. The van der Waals surface area contributed by atoms with Gasteiger partial charge in [-0.3, -0.25) is 9.78 Å². The summed E-state index contributed by atoms with van der Waals surface area (Å²) in [5, 5.41) is 18.0. The van der Waals surface area contributed by atoms with Gasteiger partial charge in [-0.1, -0.05) is 36.4 Å². The number of carbonyl (C=O) groups excluding carboxylic acids is 1. The number of rotatable bonds is 3. The van der Waals surface area contributed by atoms with E-state index in [4.69, 9.17) is 0 Å². The summed E-state index contributed by atoms with van der Waals surface area (Å²) < 4.78 is 1.46. The van der Waals surface area contributed by atoms with Gasteiger partial charge in [0, 0.05) is 11.6 Å². The lowest BCUT2D eigenvalue weighted by Gasteiger charge is -2.06. The Morgan fingerprint density at radius 2 is 1.80 bits per heavy atom. The molecule has 0 fully saturated rings. The van der Waals surface area contributed by atoms with Gasteiger partial charge in [-0.15, -0.1) is 0 Å². The minimum atomic E-state index is -0.495. The number of nitrogens with one attached hydrogen (secondary N) is 1. The molecule has 6 heteroatoms. The minimum Gasteiger partial charge on any atom is -0.504 e. The largest absolute Gasteiger partial charge is 0.504 e. The van der Waals surface area contributed by atoms with Gasteiger partial charge in [0.15, 0.2) is 11.4 Å². The fourth-order valence-electron chi connectivity index (χ4n) is 2.63. The molecule has 0 spiro atoms. The van der Waals surface area contributed by atoms with Crippen molar-refractivity contribution in [1.82, 2.24) is 14.8 Å². The highest BCUT2D eigenvalue weighted by atomic mass is 16.3. The third-order valence-electron chi connectivity index (χ3n) is 3.81. The number of para-hydroxylation sites is 2. The van der Waals surface area contributed by atoms with Crippen LogP contribution in [0.4, 0.5) is 5.69 Å². The molecule has 0 bridgehead atoms. The molecule has 0 unspecified atom stereocenters. The molecule has 0 aliphatic carbocycles. The maximum absolute atomic E-state index is 12.5. The minimum absolute atomic E-state index is 0.0446. The number of fused-ring (bicyclic) bond motifs is 1. The first-order valence-corrected chi connectivity index (χ1v) is 7.71. The highest BCUT2D eigenvalue weighted by Gasteiger charge is 2.18. The fraction of sp³-hybridized carbons (Fsp3) is 0. The average molecular weight is 330 g/mol. The van der Waals surface area contributed by atoms with Crippen molar-refractivity contribution in [3.8, 4) is 11.4 Å². The molecule has 2 N–H and O–H groups in total. The summed E-state index contributed by atoms with van der Waals surface area (Å²) >= 11 is 0. The van der Waals surface area contributed by atoms with E-state index in [9.17, 15) is 9.90 Å². The maximum atomic E-state index is 12.5. The van der Waals surface area contributed by atoms with Crippen molar-refractivity contribution in [1.29, 1.82) is 0 Å². The Hall–Kier alpha value is -3.67. The molecule has 0 saturated carbocycles. The van der Waals surface area contributed by atoms with Crippen molar-refractivity contribution in [2.75, 3.05) is 5.32 Å². The van der Waals surface area contributed by atoms with Crippen molar-refractivity contribution >= 4 is 22.5 Å². The predicted molar refractivity (Wildman–Crippen MR) is 94.9 cm³/mol. The number of benzene rings is 2. The lowest BCUT2D eigenvalue weighted by atomic mass is 10.2. The number of hydrogen-bond acceptors (Lipinski definition) is 4. The Morgan fingerprint density at radius 3 is 2.64 bits per heavy atom. The molecular weight excluding hydrogens is 316 g/mol. The third kappa shape index (κ3) is 2.81. The molecule has 0 radical (unpaired) electrons. The molecule has 2 aromatic heterocycles. The molecule has 2 heterocycles. The molecule has 122 valence electrons. The van der Waals surface area contributed by atoms with Crippen molar-refractivity contribution in [3.05, 3.63) is 78.8 Å². The standard InChI is InChI=1S/C19H14N4O2/c24-16-12-23(14-8-2-1-3-9-14)22-18(16)19(25)21-15-10-4-6-13-7-5-11-20-17(13)15/h1-12,24H,(H,21,25). The van der Waals surface area contributed by atoms with Crippen LogP contribution < -0.4 is 5.32 Å². The zero-order chi connectivity index (χ0) is 17.2.